The van der Waals surface area contributed by atoms with Crippen molar-refractivity contribution in [1.82, 2.24) is 3.11 Å². The number of rotatable bonds is 1. The van der Waals surface area contributed by atoms with Gasteiger partial charge in [0.25, 0.3) is 0 Å². The molecule has 0 saturated carbocycles. The average molecular weight is 213 g/mol. The van der Waals surface area contributed by atoms with Gasteiger partial charge < -0.3 is 0 Å². The Labute approximate surface area is 52.8 Å². The molecule has 2 heteroatoms. The summed E-state index contributed by atoms with van der Waals surface area (Å²) in [6, 6.07) is 0. The normalized spacial score (nSPS) is 24.0. The molecule has 0 N–H and O–H groups in total. The molecule has 0 unspecified atom stereocenters. The van der Waals surface area contributed by atoms with Gasteiger partial charge in [-0.2, -0.15) is 0 Å². The van der Waals surface area contributed by atoms with Crippen molar-refractivity contribution in [2.45, 2.75) is 6.42 Å². The molecule has 1 rings (SSSR count). The van der Waals surface area contributed by atoms with Gasteiger partial charge in [0.2, 0.25) is 0 Å². The first-order valence-corrected chi connectivity index (χ1v) is 7.84. The molecule has 1 nitrogen and oxygen atoms in total. The van der Waals surface area contributed by atoms with E-state index in [-0.39, 0.29) is 0 Å². The molecule has 0 radical (unpaired) electrons. The average Bonchev–Trinajstić information content (AvgIpc) is 1.23. The van der Waals surface area contributed by atoms with Crippen LogP contribution in [-0.4, -0.2) is 26.1 Å². The van der Waals surface area contributed by atoms with Gasteiger partial charge in [-0.25, -0.2) is 0 Å². The molecule has 0 aromatic rings. The summed E-state index contributed by atoms with van der Waals surface area (Å²) < 4.78 is 2.63. The Morgan fingerprint density at radius 1 is 1.29 bits per heavy atom. The molecule has 1 heterocycles. The van der Waals surface area contributed by atoms with Gasteiger partial charge in [-0.3, -0.25) is 0 Å². The summed E-state index contributed by atoms with van der Waals surface area (Å²) in [6.45, 7) is 2.80. The van der Waals surface area contributed by atoms with E-state index in [1.54, 1.807) is 0 Å². The molecule has 0 aromatic heterocycles. The van der Waals surface area contributed by atoms with Gasteiger partial charge in [0, 0.05) is 0 Å². The summed E-state index contributed by atoms with van der Waals surface area (Å²) in [6.07, 6.45) is 1.45. The van der Waals surface area contributed by atoms with Gasteiger partial charge in [0.05, 0.1) is 0 Å². The first-order valence-electron chi connectivity index (χ1n) is 2.56. The number of halogens is 1. The molecule has 0 aliphatic carbocycles. The van der Waals surface area contributed by atoms with Crippen molar-refractivity contribution >= 4 is 20.1 Å². The summed E-state index contributed by atoms with van der Waals surface area (Å²) >= 11 is -0.489. The molecule has 0 spiro atoms. The maximum atomic E-state index is 2.63. The molecule has 0 atom stereocenters. The van der Waals surface area contributed by atoms with Crippen LogP contribution in [-0.2, 0) is 0 Å². The van der Waals surface area contributed by atoms with Crippen LogP contribution >= 0.6 is 20.1 Å². The van der Waals surface area contributed by atoms with Crippen LogP contribution < -0.4 is 0 Å². The standard InChI is InChI=1S/C5H12IN/c1-6(2)7-4-3-5-7/h3-5H2,1-2H3. The molecule has 1 aliphatic heterocycles. The third-order valence-electron chi connectivity index (χ3n) is 1.28. The minimum absolute atomic E-state index is 0.489. The van der Waals surface area contributed by atoms with E-state index < -0.39 is 20.1 Å². The molecule has 1 aliphatic rings. The maximum absolute atomic E-state index is 2.63. The van der Waals surface area contributed by atoms with Crippen molar-refractivity contribution in [2.75, 3.05) is 23.0 Å². The molecular weight excluding hydrogens is 201 g/mol. The van der Waals surface area contributed by atoms with E-state index in [0.717, 1.165) is 0 Å². The second-order valence-electron chi connectivity index (χ2n) is 1.98. The Bertz CT molecular complexity index is 59.1. The first-order chi connectivity index (χ1) is 3.30. The van der Waals surface area contributed by atoms with Crippen LogP contribution in [0.2, 0.25) is 0 Å². The van der Waals surface area contributed by atoms with Crippen molar-refractivity contribution < 1.29 is 0 Å². The van der Waals surface area contributed by atoms with Gasteiger partial charge >= 0.3 is 52.6 Å². The molecular formula is C5H12IN. The Hall–Kier alpha value is 0.690. The number of nitrogens with zero attached hydrogens (tertiary/aromatic N) is 1. The van der Waals surface area contributed by atoms with E-state index in [1.807, 2.05) is 0 Å². The van der Waals surface area contributed by atoms with Gasteiger partial charge in [-0.1, -0.05) is 0 Å². The van der Waals surface area contributed by atoms with Crippen LogP contribution in [0.4, 0.5) is 0 Å². The van der Waals surface area contributed by atoms with E-state index in [0.29, 0.717) is 0 Å². The van der Waals surface area contributed by atoms with Gasteiger partial charge in [0.1, 0.15) is 0 Å². The predicted molar refractivity (Wildman–Crippen MR) is 42.1 cm³/mol. The Kier molecular flexibility index (Phi) is 1.92. The summed E-state index contributed by atoms with van der Waals surface area (Å²) in [7, 11) is 0. The van der Waals surface area contributed by atoms with E-state index in [9.17, 15) is 0 Å². The molecule has 0 aromatic carbocycles. The quantitative estimate of drug-likeness (QED) is 0.361. The zero-order chi connectivity index (χ0) is 5.28. The fraction of sp³-hybridized carbons (Fsp3) is 1.00. The minimum atomic E-state index is -0.489. The van der Waals surface area contributed by atoms with Crippen molar-refractivity contribution in [3.05, 3.63) is 0 Å². The van der Waals surface area contributed by atoms with Crippen LogP contribution in [0.5, 0.6) is 0 Å². The summed E-state index contributed by atoms with van der Waals surface area (Å²) in [5.74, 6) is 0. The molecule has 0 amide bonds. The monoisotopic (exact) mass is 213 g/mol. The molecule has 1 fully saturated rings. The molecule has 44 valence electrons. The van der Waals surface area contributed by atoms with Crippen molar-refractivity contribution in [3.8, 4) is 0 Å². The van der Waals surface area contributed by atoms with E-state index in [4.69, 9.17) is 0 Å². The fourth-order valence-corrected chi connectivity index (χ4v) is 3.23. The Morgan fingerprint density at radius 2 is 1.86 bits per heavy atom. The van der Waals surface area contributed by atoms with Crippen molar-refractivity contribution in [3.63, 3.8) is 0 Å². The number of hydrogen-bond donors (Lipinski definition) is 0. The first kappa shape index (κ1) is 5.82. The van der Waals surface area contributed by atoms with Crippen LogP contribution in [0.1, 0.15) is 6.42 Å². The van der Waals surface area contributed by atoms with Crippen molar-refractivity contribution in [2.24, 2.45) is 0 Å². The Balaban J connectivity index is 2.14. The molecule has 1 saturated heterocycles. The zero-order valence-corrected chi connectivity index (χ0v) is 7.10. The number of hydrogen-bond acceptors (Lipinski definition) is 1. The zero-order valence-electron chi connectivity index (χ0n) is 4.95. The van der Waals surface area contributed by atoms with E-state index >= 15 is 0 Å². The van der Waals surface area contributed by atoms with Gasteiger partial charge in [-0.15, -0.1) is 0 Å². The van der Waals surface area contributed by atoms with Crippen molar-refractivity contribution in [1.29, 1.82) is 0 Å². The van der Waals surface area contributed by atoms with Gasteiger partial charge in [0.15, 0.2) is 0 Å². The van der Waals surface area contributed by atoms with Crippen LogP contribution in [0, 0.1) is 0 Å². The number of alkyl halides is 2. The summed E-state index contributed by atoms with van der Waals surface area (Å²) in [5.41, 5.74) is 0. The van der Waals surface area contributed by atoms with Gasteiger partial charge in [-0.05, 0) is 0 Å². The second-order valence-corrected chi connectivity index (χ2v) is 7.43. The molecule has 7 heavy (non-hydrogen) atoms. The summed E-state index contributed by atoms with van der Waals surface area (Å²) in [5, 5.41) is 0. The molecule has 0 bridgehead atoms. The van der Waals surface area contributed by atoms with Crippen LogP contribution in [0.3, 0.4) is 0 Å². The third kappa shape index (κ3) is 1.29. The van der Waals surface area contributed by atoms with Crippen LogP contribution in [0.25, 0.3) is 0 Å². The summed E-state index contributed by atoms with van der Waals surface area (Å²) in [4.78, 5) is 4.81. The van der Waals surface area contributed by atoms with E-state index in [2.05, 4.69) is 13.0 Å². The third-order valence-corrected chi connectivity index (χ3v) is 4.97. The second kappa shape index (κ2) is 2.31. The topological polar surface area (TPSA) is 3.24 Å². The Morgan fingerprint density at radius 3 is 1.86 bits per heavy atom. The SMILES string of the molecule is CI(C)N1CCC1. The van der Waals surface area contributed by atoms with E-state index in [1.165, 1.54) is 19.5 Å². The fourth-order valence-electron chi connectivity index (χ4n) is 0.616. The van der Waals surface area contributed by atoms with Crippen LogP contribution in [0.15, 0.2) is 0 Å². The predicted octanol–water partition coefficient (Wildman–Crippen LogP) is 1.37.